The fraction of sp³-hybridized carbons (Fsp3) is 0.412. The van der Waals surface area contributed by atoms with E-state index in [9.17, 15) is 4.79 Å². The van der Waals surface area contributed by atoms with Crippen molar-refractivity contribution in [2.45, 2.75) is 6.54 Å². The van der Waals surface area contributed by atoms with Crippen LogP contribution in [0.1, 0.15) is 5.69 Å². The Morgan fingerprint density at radius 3 is 2.62 bits per heavy atom. The van der Waals surface area contributed by atoms with Crippen molar-refractivity contribution in [2.24, 2.45) is 0 Å². The molecule has 0 bridgehead atoms. The number of piperazine rings is 1. The average molecular weight is 350 g/mol. The van der Waals surface area contributed by atoms with Crippen LogP contribution in [0, 0.1) is 0 Å². The SMILES string of the molecule is CN(CC(=O)N1CCNCC1)Cc1ccn(-c2ccccc2)n1.Cl. The summed E-state index contributed by atoms with van der Waals surface area (Å²) in [5.74, 6) is 0.191. The number of hydrogen-bond acceptors (Lipinski definition) is 4. The first kappa shape index (κ1) is 18.4. The van der Waals surface area contributed by atoms with Crippen LogP contribution >= 0.6 is 12.4 Å². The number of para-hydroxylation sites is 1. The van der Waals surface area contributed by atoms with Gasteiger partial charge in [0.05, 0.1) is 17.9 Å². The summed E-state index contributed by atoms with van der Waals surface area (Å²) >= 11 is 0. The first-order valence-electron chi connectivity index (χ1n) is 7.99. The number of amides is 1. The van der Waals surface area contributed by atoms with E-state index >= 15 is 0 Å². The van der Waals surface area contributed by atoms with E-state index in [1.807, 2.05) is 64.1 Å². The molecule has 1 amide bonds. The van der Waals surface area contributed by atoms with Crippen molar-refractivity contribution < 1.29 is 4.79 Å². The van der Waals surface area contributed by atoms with Gasteiger partial charge in [0, 0.05) is 38.9 Å². The molecule has 1 N–H and O–H groups in total. The Kier molecular flexibility index (Phi) is 6.78. The number of hydrogen-bond donors (Lipinski definition) is 1. The van der Waals surface area contributed by atoms with Crippen LogP contribution in [0.25, 0.3) is 5.69 Å². The number of nitrogens with zero attached hydrogens (tertiary/aromatic N) is 4. The number of rotatable bonds is 5. The van der Waals surface area contributed by atoms with Crippen LogP contribution in [0.5, 0.6) is 0 Å². The lowest BCUT2D eigenvalue weighted by Gasteiger charge is -2.29. The van der Waals surface area contributed by atoms with Crippen LogP contribution in [0.4, 0.5) is 0 Å². The predicted octanol–water partition coefficient (Wildman–Crippen LogP) is 1.16. The maximum absolute atomic E-state index is 12.3. The third kappa shape index (κ3) is 4.80. The summed E-state index contributed by atoms with van der Waals surface area (Å²) in [5.41, 5.74) is 2.00. The minimum absolute atomic E-state index is 0. The van der Waals surface area contributed by atoms with E-state index in [-0.39, 0.29) is 18.3 Å². The Morgan fingerprint density at radius 2 is 1.92 bits per heavy atom. The lowest BCUT2D eigenvalue weighted by atomic mass is 10.3. The van der Waals surface area contributed by atoms with Gasteiger partial charge in [-0.2, -0.15) is 5.10 Å². The van der Waals surface area contributed by atoms with Gasteiger partial charge in [0.25, 0.3) is 0 Å². The highest BCUT2D eigenvalue weighted by Crippen LogP contribution is 2.08. The molecule has 2 aromatic rings. The van der Waals surface area contributed by atoms with Gasteiger partial charge in [0.15, 0.2) is 0 Å². The molecule has 0 atom stereocenters. The maximum Gasteiger partial charge on any atom is 0.236 e. The van der Waals surface area contributed by atoms with Crippen molar-refractivity contribution in [3.63, 3.8) is 0 Å². The molecule has 7 heteroatoms. The van der Waals surface area contributed by atoms with Gasteiger partial charge in [-0.3, -0.25) is 9.69 Å². The van der Waals surface area contributed by atoms with Crippen LogP contribution < -0.4 is 5.32 Å². The standard InChI is InChI=1S/C17H23N5O.ClH/c1-20(14-17(23)21-11-8-18-9-12-21)13-15-7-10-22(19-15)16-5-3-2-4-6-16;/h2-7,10,18H,8-9,11-14H2,1H3;1H. The number of halogens is 1. The highest BCUT2D eigenvalue weighted by Gasteiger charge is 2.18. The molecule has 0 spiro atoms. The fourth-order valence-electron chi connectivity index (χ4n) is 2.75. The fourth-order valence-corrected chi connectivity index (χ4v) is 2.75. The van der Waals surface area contributed by atoms with Crippen LogP contribution in [-0.4, -0.2) is 65.3 Å². The van der Waals surface area contributed by atoms with Crippen molar-refractivity contribution in [1.29, 1.82) is 0 Å². The van der Waals surface area contributed by atoms with Crippen LogP contribution in [0.15, 0.2) is 42.6 Å². The zero-order valence-corrected chi connectivity index (χ0v) is 14.7. The molecule has 1 aliphatic rings. The monoisotopic (exact) mass is 349 g/mol. The van der Waals surface area contributed by atoms with Gasteiger partial charge in [-0.25, -0.2) is 4.68 Å². The molecule has 6 nitrogen and oxygen atoms in total. The summed E-state index contributed by atoms with van der Waals surface area (Å²) in [5, 5.41) is 7.84. The van der Waals surface area contributed by atoms with Crippen LogP contribution in [0.2, 0.25) is 0 Å². The maximum atomic E-state index is 12.3. The van der Waals surface area contributed by atoms with Gasteiger partial charge in [-0.05, 0) is 25.2 Å². The molecule has 1 saturated heterocycles. The zero-order valence-electron chi connectivity index (χ0n) is 13.9. The first-order chi connectivity index (χ1) is 11.2. The smallest absolute Gasteiger partial charge is 0.236 e. The lowest BCUT2D eigenvalue weighted by Crippen LogP contribution is -2.49. The predicted molar refractivity (Wildman–Crippen MR) is 96.6 cm³/mol. The zero-order chi connectivity index (χ0) is 16.1. The number of likely N-dealkylation sites (N-methyl/N-ethyl adjacent to an activating group) is 1. The molecule has 0 radical (unpaired) electrons. The van der Waals surface area contributed by atoms with E-state index in [2.05, 4.69) is 10.4 Å². The van der Waals surface area contributed by atoms with Crippen molar-refractivity contribution in [3.8, 4) is 5.69 Å². The van der Waals surface area contributed by atoms with Crippen LogP contribution in [-0.2, 0) is 11.3 Å². The molecule has 24 heavy (non-hydrogen) atoms. The van der Waals surface area contributed by atoms with Gasteiger partial charge in [-0.1, -0.05) is 18.2 Å². The van der Waals surface area contributed by atoms with E-state index in [0.717, 1.165) is 37.6 Å². The highest BCUT2D eigenvalue weighted by molar-refractivity contribution is 5.85. The molecule has 1 aromatic heterocycles. The quantitative estimate of drug-likeness (QED) is 0.880. The summed E-state index contributed by atoms with van der Waals surface area (Å²) in [6.07, 6.45) is 1.95. The second kappa shape index (κ2) is 8.82. The van der Waals surface area contributed by atoms with E-state index in [1.54, 1.807) is 0 Å². The summed E-state index contributed by atoms with van der Waals surface area (Å²) in [6, 6.07) is 12.0. The minimum Gasteiger partial charge on any atom is -0.339 e. The van der Waals surface area contributed by atoms with Gasteiger partial charge >= 0.3 is 0 Å². The molecule has 1 fully saturated rings. The topological polar surface area (TPSA) is 53.4 Å². The molecule has 2 heterocycles. The molecule has 1 aromatic carbocycles. The number of benzene rings is 1. The van der Waals surface area contributed by atoms with E-state index < -0.39 is 0 Å². The number of aromatic nitrogens is 2. The van der Waals surface area contributed by atoms with Crippen molar-refractivity contribution >= 4 is 18.3 Å². The molecule has 1 aliphatic heterocycles. The third-order valence-electron chi connectivity index (χ3n) is 3.97. The molecule has 130 valence electrons. The second-order valence-electron chi connectivity index (χ2n) is 5.89. The molecular formula is C17H24ClN5O. The Morgan fingerprint density at radius 1 is 1.21 bits per heavy atom. The molecule has 0 aliphatic carbocycles. The van der Waals surface area contributed by atoms with Crippen molar-refractivity contribution in [1.82, 2.24) is 24.9 Å². The lowest BCUT2D eigenvalue weighted by molar-refractivity contribution is -0.132. The summed E-state index contributed by atoms with van der Waals surface area (Å²) in [6.45, 7) is 4.47. The Bertz CT molecular complexity index is 639. The summed E-state index contributed by atoms with van der Waals surface area (Å²) in [7, 11) is 1.96. The summed E-state index contributed by atoms with van der Waals surface area (Å²) < 4.78 is 1.86. The Balaban J connectivity index is 0.00000208. The molecular weight excluding hydrogens is 326 g/mol. The van der Waals surface area contributed by atoms with E-state index in [0.29, 0.717) is 13.1 Å². The number of nitrogens with one attached hydrogen (secondary N) is 1. The summed E-state index contributed by atoms with van der Waals surface area (Å²) in [4.78, 5) is 16.2. The molecule has 3 rings (SSSR count). The second-order valence-corrected chi connectivity index (χ2v) is 5.89. The number of carbonyl (C=O) groups is 1. The minimum atomic E-state index is 0. The van der Waals surface area contributed by atoms with Gasteiger partial charge in [0.2, 0.25) is 5.91 Å². The third-order valence-corrected chi connectivity index (χ3v) is 3.97. The van der Waals surface area contributed by atoms with Crippen molar-refractivity contribution in [3.05, 3.63) is 48.3 Å². The van der Waals surface area contributed by atoms with Gasteiger partial charge in [0.1, 0.15) is 0 Å². The van der Waals surface area contributed by atoms with E-state index in [4.69, 9.17) is 0 Å². The Labute approximate surface area is 148 Å². The normalized spacial score (nSPS) is 14.5. The highest BCUT2D eigenvalue weighted by atomic mass is 35.5. The van der Waals surface area contributed by atoms with Gasteiger partial charge < -0.3 is 10.2 Å². The van der Waals surface area contributed by atoms with Crippen molar-refractivity contribution in [2.75, 3.05) is 39.8 Å². The average Bonchev–Trinajstić information content (AvgIpc) is 3.04. The van der Waals surface area contributed by atoms with E-state index in [1.165, 1.54) is 0 Å². The van der Waals surface area contributed by atoms with Gasteiger partial charge in [-0.15, -0.1) is 12.4 Å². The first-order valence-corrected chi connectivity index (χ1v) is 7.99. The van der Waals surface area contributed by atoms with Crippen LogP contribution in [0.3, 0.4) is 0 Å². The molecule has 0 saturated carbocycles. The Hall–Kier alpha value is -1.89. The molecule has 0 unspecified atom stereocenters. The number of carbonyl (C=O) groups excluding carboxylic acids is 1. The largest absolute Gasteiger partial charge is 0.339 e.